The number of nitrogens with zero attached hydrogens (tertiary/aromatic N) is 5. The van der Waals surface area contributed by atoms with E-state index in [1.165, 1.54) is 0 Å². The maximum absolute atomic E-state index is 10.3. The first-order chi connectivity index (χ1) is 5.99. The molecule has 1 rings (SSSR count). The van der Waals surface area contributed by atoms with Crippen molar-refractivity contribution in [3.8, 4) is 0 Å². The van der Waals surface area contributed by atoms with E-state index in [1.54, 1.807) is 0 Å². The maximum atomic E-state index is 10.3. The van der Waals surface area contributed by atoms with Gasteiger partial charge < -0.3 is 0 Å². The minimum atomic E-state index is -3.08. The third kappa shape index (κ3) is 1.26. The van der Waals surface area contributed by atoms with Crippen LogP contribution in [0.5, 0.6) is 0 Å². The maximum Gasteiger partial charge on any atom is 0.601 e. The molecule has 13 heavy (non-hydrogen) atoms. The summed E-state index contributed by atoms with van der Waals surface area (Å²) in [5.74, 6) is -0.816. The van der Waals surface area contributed by atoms with Crippen LogP contribution in [0.2, 0.25) is 0 Å². The lowest BCUT2D eigenvalue weighted by Gasteiger charge is -2.03. The van der Waals surface area contributed by atoms with Gasteiger partial charge in [0.15, 0.2) is 0 Å². The Hall–Kier alpha value is -1.84. The predicted molar refractivity (Wildman–Crippen MR) is 35.7 cm³/mol. The molecule has 1 aromatic heterocycles. The number of H-pyrrole nitrogens is 1. The molecule has 0 saturated heterocycles. The monoisotopic (exact) mass is 208 g/mol. The van der Waals surface area contributed by atoms with E-state index in [0.717, 1.165) is 0 Å². The molecule has 0 spiro atoms. The molecule has 0 unspecified atom stereocenters. The van der Waals surface area contributed by atoms with Crippen LogP contribution < -0.4 is 0 Å². The topological polar surface area (TPSA) is 141 Å². The van der Waals surface area contributed by atoms with Crippen LogP contribution in [0, 0.1) is 20.2 Å². The fourth-order valence-corrected chi connectivity index (χ4v) is 0.607. The Morgan fingerprint density at radius 2 is 1.92 bits per heavy atom. The Morgan fingerprint density at radius 1 is 1.38 bits per heavy atom. The number of hydrogen-bond donors (Lipinski definition) is 1. The molecular formula is C2HClN6O4. The van der Waals surface area contributed by atoms with Gasteiger partial charge in [0.25, 0.3) is 0 Å². The van der Waals surface area contributed by atoms with Gasteiger partial charge in [0.1, 0.15) is 9.85 Å². The molecule has 1 heterocycles. The number of hydrogen-bond acceptors (Lipinski definition) is 7. The average Bonchev–Trinajstić information content (AvgIpc) is 2.54. The number of alkyl halides is 1. The standard InChI is InChI=1S/C2HClN6O4/c3-2(8(10)11,9(12)13)1-4-6-7-5-1/h(H,4,5,6,7). The first-order valence-electron chi connectivity index (χ1n) is 2.71. The van der Waals surface area contributed by atoms with E-state index in [4.69, 9.17) is 11.6 Å². The molecule has 0 aromatic carbocycles. The fraction of sp³-hybridized carbons (Fsp3) is 0.500. The van der Waals surface area contributed by atoms with Crippen molar-refractivity contribution < 1.29 is 9.85 Å². The second-order valence-electron chi connectivity index (χ2n) is 1.84. The predicted octanol–water partition coefficient (Wildman–Crippen LogP) is -0.898. The molecule has 0 radical (unpaired) electrons. The van der Waals surface area contributed by atoms with Gasteiger partial charge in [-0.05, 0) is 5.21 Å². The second kappa shape index (κ2) is 2.90. The highest BCUT2D eigenvalue weighted by Crippen LogP contribution is 2.26. The van der Waals surface area contributed by atoms with Crippen molar-refractivity contribution >= 4 is 11.6 Å². The smallest absolute Gasteiger partial charge is 0.257 e. The highest BCUT2D eigenvalue weighted by molar-refractivity contribution is 6.21. The number of aromatic nitrogens is 4. The van der Waals surface area contributed by atoms with Crippen molar-refractivity contribution in [2.24, 2.45) is 0 Å². The Kier molecular flexibility index (Phi) is 2.06. The number of nitro groups is 2. The van der Waals surface area contributed by atoms with Gasteiger partial charge in [-0.15, -0.1) is 5.10 Å². The fourth-order valence-electron chi connectivity index (χ4n) is 0.527. The van der Waals surface area contributed by atoms with E-state index < -0.39 is 20.8 Å². The zero-order valence-corrected chi connectivity index (χ0v) is 6.50. The molecule has 70 valence electrons. The van der Waals surface area contributed by atoms with Crippen molar-refractivity contribution in [1.82, 2.24) is 20.6 Å². The van der Waals surface area contributed by atoms with E-state index in [9.17, 15) is 20.2 Å². The van der Waals surface area contributed by atoms with Crippen LogP contribution in [0.1, 0.15) is 5.82 Å². The minimum Gasteiger partial charge on any atom is -0.257 e. The van der Waals surface area contributed by atoms with Crippen LogP contribution in [0.25, 0.3) is 0 Å². The molecule has 0 aliphatic heterocycles. The molecule has 1 aromatic rings. The van der Waals surface area contributed by atoms with Gasteiger partial charge in [0.05, 0.1) is 11.6 Å². The van der Waals surface area contributed by atoms with Crippen LogP contribution in [0.3, 0.4) is 0 Å². The highest BCUT2D eigenvalue weighted by Gasteiger charge is 2.61. The lowest BCUT2D eigenvalue weighted by molar-refractivity contribution is -0.780. The summed E-state index contributed by atoms with van der Waals surface area (Å²) in [6.07, 6.45) is 0. The summed E-state index contributed by atoms with van der Waals surface area (Å²) in [6.45, 7) is 0. The van der Waals surface area contributed by atoms with E-state index in [-0.39, 0.29) is 0 Å². The van der Waals surface area contributed by atoms with Crippen molar-refractivity contribution in [1.29, 1.82) is 0 Å². The van der Waals surface area contributed by atoms with Gasteiger partial charge >= 0.3 is 10.9 Å². The summed E-state index contributed by atoms with van der Waals surface area (Å²) in [6, 6.07) is 0. The lowest BCUT2D eigenvalue weighted by Crippen LogP contribution is -2.38. The number of aromatic amines is 1. The van der Waals surface area contributed by atoms with Crippen molar-refractivity contribution in [3.05, 3.63) is 26.1 Å². The molecule has 10 nitrogen and oxygen atoms in total. The van der Waals surface area contributed by atoms with Crippen LogP contribution in [0.15, 0.2) is 0 Å². The zero-order valence-electron chi connectivity index (χ0n) is 5.75. The minimum absolute atomic E-state index is 0.816. The van der Waals surface area contributed by atoms with Crippen molar-refractivity contribution in [2.75, 3.05) is 0 Å². The summed E-state index contributed by atoms with van der Waals surface area (Å²) in [7, 11) is 0. The summed E-state index contributed by atoms with van der Waals surface area (Å²) < 4.78 is 0. The van der Waals surface area contributed by atoms with Gasteiger partial charge in [-0.2, -0.15) is 5.21 Å². The SMILES string of the molecule is O=[N+]([O-])C(Cl)(c1nn[nH]n1)[N+](=O)[O-]. The Labute approximate surface area is 74.2 Å². The molecule has 0 fully saturated rings. The van der Waals surface area contributed by atoms with E-state index in [2.05, 4.69) is 15.4 Å². The molecule has 0 bridgehead atoms. The number of nitrogens with one attached hydrogen (secondary N) is 1. The van der Waals surface area contributed by atoms with Gasteiger partial charge in [-0.3, -0.25) is 20.2 Å². The largest absolute Gasteiger partial charge is 0.601 e. The molecule has 0 amide bonds. The van der Waals surface area contributed by atoms with E-state index in [1.807, 2.05) is 5.21 Å². The summed E-state index contributed by atoms with van der Waals surface area (Å²) in [4.78, 5) is 17.9. The number of halogens is 1. The summed E-state index contributed by atoms with van der Waals surface area (Å²) in [5, 5.41) is 28.3. The normalized spacial score (nSPS) is 11.2. The second-order valence-corrected chi connectivity index (χ2v) is 2.36. The molecular weight excluding hydrogens is 208 g/mol. The molecule has 0 atom stereocenters. The number of tetrazole rings is 1. The van der Waals surface area contributed by atoms with Gasteiger partial charge in [-0.1, -0.05) is 5.10 Å². The van der Waals surface area contributed by atoms with Crippen LogP contribution >= 0.6 is 11.6 Å². The number of rotatable bonds is 3. The molecule has 0 aliphatic carbocycles. The summed E-state index contributed by atoms with van der Waals surface area (Å²) in [5.41, 5.74) is 0. The highest BCUT2D eigenvalue weighted by atomic mass is 35.5. The van der Waals surface area contributed by atoms with Crippen LogP contribution in [-0.2, 0) is 5.12 Å². The molecule has 11 heteroatoms. The quantitative estimate of drug-likeness (QED) is 0.223. The first-order valence-corrected chi connectivity index (χ1v) is 3.09. The van der Waals surface area contributed by atoms with Crippen molar-refractivity contribution in [2.45, 2.75) is 5.12 Å². The third-order valence-electron chi connectivity index (χ3n) is 1.11. The zero-order chi connectivity index (χ0) is 10.1. The Morgan fingerprint density at radius 3 is 2.23 bits per heavy atom. The van der Waals surface area contributed by atoms with Gasteiger partial charge in [-0.25, -0.2) is 0 Å². The molecule has 1 N–H and O–H groups in total. The Balaban J connectivity index is 3.21. The third-order valence-corrected chi connectivity index (χ3v) is 1.56. The lowest BCUT2D eigenvalue weighted by atomic mass is 10.5. The van der Waals surface area contributed by atoms with Crippen LogP contribution in [-0.4, -0.2) is 30.5 Å². The Bertz CT molecular complexity index is 320. The summed E-state index contributed by atoms with van der Waals surface area (Å²) >= 11 is 5.09. The van der Waals surface area contributed by atoms with E-state index >= 15 is 0 Å². The van der Waals surface area contributed by atoms with Gasteiger partial charge in [0.2, 0.25) is 0 Å². The first kappa shape index (κ1) is 9.25. The van der Waals surface area contributed by atoms with E-state index in [0.29, 0.717) is 0 Å². The molecule has 0 aliphatic rings. The van der Waals surface area contributed by atoms with Crippen LogP contribution in [0.4, 0.5) is 0 Å². The average molecular weight is 209 g/mol. The van der Waals surface area contributed by atoms with Gasteiger partial charge in [0, 0.05) is 0 Å². The van der Waals surface area contributed by atoms with Crippen molar-refractivity contribution in [3.63, 3.8) is 0 Å². The molecule has 0 saturated carbocycles.